The van der Waals surface area contributed by atoms with Crippen LogP contribution in [0.3, 0.4) is 0 Å². The van der Waals surface area contributed by atoms with Gasteiger partial charge in [0.2, 0.25) is 0 Å². The van der Waals surface area contributed by atoms with Gasteiger partial charge in [0.1, 0.15) is 10.9 Å². The summed E-state index contributed by atoms with van der Waals surface area (Å²) in [5, 5.41) is 21.4. The highest BCUT2D eigenvalue weighted by molar-refractivity contribution is 7.99. The summed E-state index contributed by atoms with van der Waals surface area (Å²) in [6.07, 6.45) is 0.524. The third kappa shape index (κ3) is 5.55. The topological polar surface area (TPSA) is 92.0 Å². The number of nitro groups is 1. The van der Waals surface area contributed by atoms with Crippen LogP contribution >= 0.6 is 35.0 Å². The van der Waals surface area contributed by atoms with E-state index in [9.17, 15) is 10.1 Å². The van der Waals surface area contributed by atoms with E-state index in [1.807, 2.05) is 24.3 Å². The summed E-state index contributed by atoms with van der Waals surface area (Å²) in [6.45, 7) is 4.29. The van der Waals surface area contributed by atoms with Crippen LogP contribution in [-0.4, -0.2) is 26.6 Å². The maximum Gasteiger partial charge on any atom is 0.264 e. The number of aromatic amines is 1. The minimum Gasteiger partial charge on any atom is -0.396 e. The molecule has 0 amide bonds. The molecule has 2 N–H and O–H groups in total. The number of aliphatic hydroxyl groups excluding tert-OH is 1. The van der Waals surface area contributed by atoms with Crippen LogP contribution in [0.25, 0.3) is 0 Å². The Morgan fingerprint density at radius 1 is 1.20 bits per heavy atom. The number of nitrogens with zero attached hydrogens (tertiary/aromatic N) is 2. The average molecular weight is 466 g/mol. The smallest absolute Gasteiger partial charge is 0.264 e. The molecule has 0 unspecified atom stereocenters. The third-order valence-electron chi connectivity index (χ3n) is 4.44. The second-order valence-electron chi connectivity index (χ2n) is 7.05. The molecule has 1 heterocycles. The summed E-state index contributed by atoms with van der Waals surface area (Å²) < 4.78 is 0. The molecule has 9 heteroatoms. The molecular formula is C21H21Cl2N3O3S. The van der Waals surface area contributed by atoms with Gasteiger partial charge in [-0.3, -0.25) is 10.1 Å². The first-order valence-electron chi connectivity index (χ1n) is 9.36. The molecule has 1 aliphatic carbocycles. The maximum atomic E-state index is 10.2. The van der Waals surface area contributed by atoms with Gasteiger partial charge in [0.05, 0.1) is 12.3 Å². The Bertz CT molecular complexity index is 1010. The molecule has 4 rings (SSSR count). The summed E-state index contributed by atoms with van der Waals surface area (Å²) >= 11 is 13.6. The Balaban J connectivity index is 0.000000212. The number of H-pyrrole nitrogens is 1. The highest BCUT2D eigenvalue weighted by Gasteiger charge is 2.42. The number of hydrogen-bond acceptors (Lipinski definition) is 5. The zero-order chi connectivity index (χ0) is 21.8. The van der Waals surface area contributed by atoms with Crippen molar-refractivity contribution in [2.45, 2.75) is 42.1 Å². The number of aliphatic hydroxyl groups is 1. The van der Waals surface area contributed by atoms with Crippen LogP contribution in [0, 0.1) is 10.1 Å². The fourth-order valence-electron chi connectivity index (χ4n) is 2.98. The zero-order valence-corrected chi connectivity index (χ0v) is 18.8. The molecule has 0 saturated heterocycles. The highest BCUT2D eigenvalue weighted by atomic mass is 35.5. The molecule has 3 aromatic rings. The SMILES string of the molecule is CC(C)c1[nH]c(CCO)nc1Sc1cc(Cl)cc(Cl)c1.O=[N+]([O-])C1c2ccccc21. The van der Waals surface area contributed by atoms with Gasteiger partial charge in [-0.25, -0.2) is 4.98 Å². The Morgan fingerprint density at radius 2 is 1.80 bits per heavy atom. The molecule has 0 bridgehead atoms. The van der Waals surface area contributed by atoms with Crippen molar-refractivity contribution in [2.75, 3.05) is 6.61 Å². The number of aromatic nitrogens is 2. The Hall–Kier alpha value is -2.06. The van der Waals surface area contributed by atoms with Crippen LogP contribution in [0.4, 0.5) is 0 Å². The number of hydrogen-bond donors (Lipinski definition) is 2. The van der Waals surface area contributed by atoms with Crippen molar-refractivity contribution < 1.29 is 10.0 Å². The van der Waals surface area contributed by atoms with Gasteiger partial charge in [0.25, 0.3) is 6.04 Å². The van der Waals surface area contributed by atoms with E-state index in [0.29, 0.717) is 22.4 Å². The molecule has 30 heavy (non-hydrogen) atoms. The average Bonchev–Trinajstić information content (AvgIpc) is 3.28. The summed E-state index contributed by atoms with van der Waals surface area (Å²) in [5.41, 5.74) is 2.80. The molecule has 0 fully saturated rings. The molecule has 6 nitrogen and oxygen atoms in total. The first-order valence-corrected chi connectivity index (χ1v) is 10.9. The monoisotopic (exact) mass is 465 g/mol. The van der Waals surface area contributed by atoms with E-state index in [4.69, 9.17) is 28.3 Å². The first-order chi connectivity index (χ1) is 14.3. The lowest BCUT2D eigenvalue weighted by molar-refractivity contribution is -0.503. The summed E-state index contributed by atoms with van der Waals surface area (Å²) in [7, 11) is 0. The fourth-order valence-corrected chi connectivity index (χ4v) is 4.78. The van der Waals surface area contributed by atoms with Crippen molar-refractivity contribution in [2.24, 2.45) is 0 Å². The van der Waals surface area contributed by atoms with Crippen LogP contribution in [-0.2, 0) is 6.42 Å². The minimum absolute atomic E-state index is 0.0815. The molecule has 158 valence electrons. The van der Waals surface area contributed by atoms with Gasteiger partial charge in [-0.05, 0) is 24.1 Å². The molecular weight excluding hydrogens is 445 g/mol. The number of rotatable bonds is 6. The predicted molar refractivity (Wildman–Crippen MR) is 119 cm³/mol. The van der Waals surface area contributed by atoms with Gasteiger partial charge in [-0.1, -0.05) is 73.1 Å². The Kier molecular flexibility index (Phi) is 7.41. The molecule has 0 radical (unpaired) electrons. The van der Waals surface area contributed by atoms with Crippen LogP contribution < -0.4 is 0 Å². The lowest BCUT2D eigenvalue weighted by Gasteiger charge is -2.06. The summed E-state index contributed by atoms with van der Waals surface area (Å²) in [5.74, 6) is 1.12. The van der Waals surface area contributed by atoms with Crippen LogP contribution in [0.5, 0.6) is 0 Å². The second kappa shape index (κ2) is 9.83. The van der Waals surface area contributed by atoms with Crippen molar-refractivity contribution in [3.63, 3.8) is 0 Å². The lowest BCUT2D eigenvalue weighted by Crippen LogP contribution is -1.93. The van der Waals surface area contributed by atoms with Crippen molar-refractivity contribution >= 4 is 35.0 Å². The summed E-state index contributed by atoms with van der Waals surface area (Å²) in [4.78, 5) is 18.7. The van der Waals surface area contributed by atoms with Crippen molar-refractivity contribution in [3.05, 3.63) is 85.3 Å². The molecule has 1 aromatic heterocycles. The van der Waals surface area contributed by atoms with E-state index in [0.717, 1.165) is 32.6 Å². The molecule has 0 saturated carbocycles. The summed E-state index contributed by atoms with van der Waals surface area (Å²) in [6, 6.07) is 12.2. The zero-order valence-electron chi connectivity index (χ0n) is 16.4. The molecule has 0 spiro atoms. The number of halogens is 2. The van der Waals surface area contributed by atoms with E-state index < -0.39 is 6.04 Å². The van der Waals surface area contributed by atoms with Gasteiger partial charge >= 0.3 is 0 Å². The van der Waals surface area contributed by atoms with Gasteiger partial charge in [-0.15, -0.1) is 0 Å². The maximum absolute atomic E-state index is 10.2. The molecule has 1 aliphatic rings. The van der Waals surface area contributed by atoms with E-state index in [2.05, 4.69) is 23.8 Å². The van der Waals surface area contributed by atoms with Gasteiger partial charge < -0.3 is 10.1 Å². The van der Waals surface area contributed by atoms with Crippen LogP contribution in [0.2, 0.25) is 10.0 Å². The second-order valence-corrected chi connectivity index (χ2v) is 8.99. The number of fused-ring (bicyclic) bond motifs is 1. The molecule has 0 atom stereocenters. The van der Waals surface area contributed by atoms with E-state index in [-0.39, 0.29) is 11.5 Å². The Morgan fingerprint density at radius 3 is 2.30 bits per heavy atom. The van der Waals surface area contributed by atoms with Crippen LogP contribution in [0.15, 0.2) is 52.4 Å². The van der Waals surface area contributed by atoms with Gasteiger partial charge in [-0.2, -0.15) is 0 Å². The van der Waals surface area contributed by atoms with Crippen molar-refractivity contribution in [1.29, 1.82) is 0 Å². The highest BCUT2D eigenvalue weighted by Crippen LogP contribution is 2.42. The predicted octanol–water partition coefficient (Wildman–Crippen LogP) is 5.89. The molecule has 0 aliphatic heterocycles. The van der Waals surface area contributed by atoms with Crippen molar-refractivity contribution in [1.82, 2.24) is 9.97 Å². The fraction of sp³-hybridized carbons (Fsp3) is 0.286. The number of imidazole rings is 1. The van der Waals surface area contributed by atoms with E-state index >= 15 is 0 Å². The number of benzene rings is 2. The Labute approximate surface area is 188 Å². The van der Waals surface area contributed by atoms with Gasteiger partial charge in [0, 0.05) is 37.4 Å². The van der Waals surface area contributed by atoms with Gasteiger partial charge in [0.15, 0.2) is 0 Å². The third-order valence-corrected chi connectivity index (χ3v) is 5.85. The normalized spacial score (nSPS) is 12.3. The number of nitrogens with one attached hydrogen (secondary N) is 1. The lowest BCUT2D eigenvalue weighted by atomic mass is 10.2. The van der Waals surface area contributed by atoms with E-state index in [1.165, 1.54) is 11.8 Å². The first kappa shape index (κ1) is 22.6. The largest absolute Gasteiger partial charge is 0.396 e. The van der Waals surface area contributed by atoms with E-state index in [1.54, 1.807) is 18.2 Å². The van der Waals surface area contributed by atoms with Crippen molar-refractivity contribution in [3.8, 4) is 0 Å². The standard InChI is InChI=1S/C14H16Cl2N2OS.C7H5NO2/c1-8(2)13-14(18-12(17-13)3-4-19)20-11-6-9(15)5-10(16)7-11;9-8(10)7-5-3-1-2-4-6(5)7/h5-8,19H,3-4H2,1-2H3,(H,17,18);1-4,7H. The molecule has 2 aromatic carbocycles. The quantitative estimate of drug-likeness (QED) is 0.349. The van der Waals surface area contributed by atoms with Crippen LogP contribution in [0.1, 0.15) is 48.5 Å². The minimum atomic E-state index is -0.491.